The van der Waals surface area contributed by atoms with Crippen molar-refractivity contribution in [2.75, 3.05) is 43.6 Å². The number of aromatic nitrogens is 1. The molecule has 1 amide bonds. The van der Waals surface area contributed by atoms with Crippen LogP contribution in [-0.4, -0.2) is 44.2 Å². The minimum Gasteiger partial charge on any atom is -0.385 e. The van der Waals surface area contributed by atoms with E-state index >= 15 is 0 Å². The number of pyridine rings is 1. The van der Waals surface area contributed by atoms with E-state index < -0.39 is 0 Å². The highest BCUT2D eigenvalue weighted by atomic mass is 16.5. The van der Waals surface area contributed by atoms with Crippen molar-refractivity contribution >= 4 is 23.0 Å². The van der Waals surface area contributed by atoms with Gasteiger partial charge in [-0.15, -0.1) is 0 Å². The standard InChI is InChI=1S/C20H26N4O2/c1-26-14-4-10-22-20(25)19-15-17(9-11-21-19)23-16-5-7-18(8-6-16)24-12-2-3-13-24/h5-9,11,15H,2-4,10,12-14H2,1H3,(H,21,23)(H,22,25). The summed E-state index contributed by atoms with van der Waals surface area (Å²) in [6, 6.07) is 12.0. The number of nitrogens with zero attached hydrogens (tertiary/aromatic N) is 2. The number of ether oxygens (including phenoxy) is 1. The van der Waals surface area contributed by atoms with E-state index in [1.807, 2.05) is 6.07 Å². The SMILES string of the molecule is COCCCNC(=O)c1cc(Nc2ccc(N3CCCC3)cc2)ccn1. The van der Waals surface area contributed by atoms with E-state index in [2.05, 4.69) is 44.8 Å². The number of carbonyl (C=O) groups is 1. The number of carbonyl (C=O) groups excluding carboxylic acids is 1. The van der Waals surface area contributed by atoms with Gasteiger partial charge in [0.05, 0.1) is 0 Å². The third kappa shape index (κ3) is 4.95. The molecule has 138 valence electrons. The Morgan fingerprint density at radius 2 is 1.92 bits per heavy atom. The van der Waals surface area contributed by atoms with Crippen molar-refractivity contribution in [3.8, 4) is 0 Å². The van der Waals surface area contributed by atoms with E-state index in [0.717, 1.165) is 30.9 Å². The molecule has 0 radical (unpaired) electrons. The lowest BCUT2D eigenvalue weighted by Gasteiger charge is -2.18. The molecule has 1 aliphatic heterocycles. The molecule has 0 atom stereocenters. The number of anilines is 3. The van der Waals surface area contributed by atoms with Crippen LogP contribution in [0.5, 0.6) is 0 Å². The van der Waals surface area contributed by atoms with Crippen molar-refractivity contribution in [1.82, 2.24) is 10.3 Å². The molecule has 1 fully saturated rings. The normalized spacial score (nSPS) is 13.7. The summed E-state index contributed by atoms with van der Waals surface area (Å²) in [4.78, 5) is 18.7. The van der Waals surface area contributed by atoms with Crippen molar-refractivity contribution in [3.05, 3.63) is 48.3 Å². The molecule has 0 saturated carbocycles. The van der Waals surface area contributed by atoms with Gasteiger partial charge in [0.15, 0.2) is 0 Å². The van der Waals surface area contributed by atoms with Crippen molar-refractivity contribution in [1.29, 1.82) is 0 Å². The summed E-state index contributed by atoms with van der Waals surface area (Å²) < 4.78 is 4.98. The predicted molar refractivity (Wildman–Crippen MR) is 104 cm³/mol. The first-order chi connectivity index (χ1) is 12.8. The molecule has 6 heteroatoms. The molecule has 1 saturated heterocycles. The summed E-state index contributed by atoms with van der Waals surface area (Å²) in [6.07, 6.45) is 4.97. The van der Waals surface area contributed by atoms with Crippen LogP contribution >= 0.6 is 0 Å². The second-order valence-corrected chi connectivity index (χ2v) is 6.40. The zero-order chi connectivity index (χ0) is 18.2. The average Bonchev–Trinajstić information content (AvgIpc) is 3.21. The van der Waals surface area contributed by atoms with Gasteiger partial charge in [0, 0.05) is 56.6 Å². The van der Waals surface area contributed by atoms with E-state index in [-0.39, 0.29) is 5.91 Å². The first kappa shape index (κ1) is 18.2. The monoisotopic (exact) mass is 354 g/mol. The van der Waals surface area contributed by atoms with E-state index in [0.29, 0.717) is 18.8 Å². The van der Waals surface area contributed by atoms with E-state index in [1.165, 1.54) is 18.5 Å². The lowest BCUT2D eigenvalue weighted by atomic mass is 10.2. The largest absolute Gasteiger partial charge is 0.385 e. The number of hydrogen-bond acceptors (Lipinski definition) is 5. The van der Waals surface area contributed by atoms with E-state index in [1.54, 1.807) is 19.4 Å². The number of hydrogen-bond donors (Lipinski definition) is 2. The van der Waals surface area contributed by atoms with Gasteiger partial charge < -0.3 is 20.3 Å². The van der Waals surface area contributed by atoms with Gasteiger partial charge in [0.25, 0.3) is 5.91 Å². The molecule has 3 rings (SSSR count). The molecular weight excluding hydrogens is 328 g/mol. The summed E-state index contributed by atoms with van der Waals surface area (Å²) in [5.74, 6) is -0.172. The number of benzene rings is 1. The molecule has 1 aliphatic rings. The summed E-state index contributed by atoms with van der Waals surface area (Å²) in [6.45, 7) is 3.48. The Morgan fingerprint density at radius 3 is 2.65 bits per heavy atom. The second kappa shape index (κ2) is 9.20. The van der Waals surface area contributed by atoms with Gasteiger partial charge in [-0.3, -0.25) is 9.78 Å². The first-order valence-electron chi connectivity index (χ1n) is 9.11. The Kier molecular flexibility index (Phi) is 6.44. The molecule has 26 heavy (non-hydrogen) atoms. The number of amides is 1. The van der Waals surface area contributed by atoms with Crippen LogP contribution in [0.4, 0.5) is 17.1 Å². The lowest BCUT2D eigenvalue weighted by Crippen LogP contribution is -2.26. The predicted octanol–water partition coefficient (Wildman–Crippen LogP) is 3.19. The fraction of sp³-hybridized carbons (Fsp3) is 0.400. The maximum atomic E-state index is 12.2. The Hall–Kier alpha value is -2.60. The van der Waals surface area contributed by atoms with Crippen LogP contribution in [0, 0.1) is 0 Å². The molecule has 2 N–H and O–H groups in total. The third-order valence-electron chi connectivity index (χ3n) is 4.43. The Balaban J connectivity index is 1.58. The maximum absolute atomic E-state index is 12.2. The van der Waals surface area contributed by atoms with Crippen LogP contribution in [0.1, 0.15) is 29.8 Å². The summed E-state index contributed by atoms with van der Waals surface area (Å²) in [5, 5.41) is 6.18. The van der Waals surface area contributed by atoms with Crippen LogP contribution in [-0.2, 0) is 4.74 Å². The number of methoxy groups -OCH3 is 1. The molecule has 2 heterocycles. The number of nitrogens with one attached hydrogen (secondary N) is 2. The summed E-state index contributed by atoms with van der Waals surface area (Å²) >= 11 is 0. The van der Waals surface area contributed by atoms with Gasteiger partial charge in [-0.2, -0.15) is 0 Å². The van der Waals surface area contributed by atoms with Crippen molar-refractivity contribution in [2.24, 2.45) is 0 Å². The van der Waals surface area contributed by atoms with Crippen LogP contribution in [0.3, 0.4) is 0 Å². The van der Waals surface area contributed by atoms with E-state index in [4.69, 9.17) is 4.74 Å². The molecule has 6 nitrogen and oxygen atoms in total. The van der Waals surface area contributed by atoms with Crippen LogP contribution in [0.15, 0.2) is 42.6 Å². The van der Waals surface area contributed by atoms with Gasteiger partial charge in [0.1, 0.15) is 5.69 Å². The molecule has 1 aromatic carbocycles. The minimum atomic E-state index is -0.172. The fourth-order valence-electron chi connectivity index (χ4n) is 3.04. The van der Waals surface area contributed by atoms with Gasteiger partial charge >= 0.3 is 0 Å². The van der Waals surface area contributed by atoms with Gasteiger partial charge in [-0.1, -0.05) is 0 Å². The molecule has 0 spiro atoms. The first-order valence-corrected chi connectivity index (χ1v) is 9.11. The smallest absolute Gasteiger partial charge is 0.269 e. The quantitative estimate of drug-likeness (QED) is 0.713. The minimum absolute atomic E-state index is 0.172. The van der Waals surface area contributed by atoms with Gasteiger partial charge in [-0.05, 0) is 55.7 Å². The number of rotatable bonds is 8. The molecule has 0 aliphatic carbocycles. The van der Waals surface area contributed by atoms with Crippen molar-refractivity contribution in [3.63, 3.8) is 0 Å². The van der Waals surface area contributed by atoms with Crippen LogP contribution in [0.2, 0.25) is 0 Å². The highest BCUT2D eigenvalue weighted by Gasteiger charge is 2.12. The molecular formula is C20H26N4O2. The van der Waals surface area contributed by atoms with E-state index in [9.17, 15) is 4.79 Å². The average molecular weight is 354 g/mol. The second-order valence-electron chi connectivity index (χ2n) is 6.40. The van der Waals surface area contributed by atoms with Crippen molar-refractivity contribution in [2.45, 2.75) is 19.3 Å². The Labute approximate surface area is 154 Å². The fourth-order valence-corrected chi connectivity index (χ4v) is 3.04. The molecule has 0 unspecified atom stereocenters. The van der Waals surface area contributed by atoms with Gasteiger partial charge in [-0.25, -0.2) is 0 Å². The molecule has 0 bridgehead atoms. The molecule has 1 aromatic heterocycles. The lowest BCUT2D eigenvalue weighted by molar-refractivity contribution is 0.0943. The Morgan fingerprint density at radius 1 is 1.15 bits per heavy atom. The third-order valence-corrected chi connectivity index (χ3v) is 4.43. The highest BCUT2D eigenvalue weighted by Crippen LogP contribution is 2.24. The highest BCUT2D eigenvalue weighted by molar-refractivity contribution is 5.93. The Bertz CT molecular complexity index is 712. The topological polar surface area (TPSA) is 66.5 Å². The van der Waals surface area contributed by atoms with Crippen molar-refractivity contribution < 1.29 is 9.53 Å². The van der Waals surface area contributed by atoms with Gasteiger partial charge in [0.2, 0.25) is 0 Å². The summed E-state index contributed by atoms with van der Waals surface area (Å²) in [5.41, 5.74) is 3.50. The zero-order valence-corrected chi connectivity index (χ0v) is 15.2. The zero-order valence-electron chi connectivity index (χ0n) is 15.2. The van der Waals surface area contributed by atoms with Crippen LogP contribution in [0.25, 0.3) is 0 Å². The summed E-state index contributed by atoms with van der Waals surface area (Å²) in [7, 11) is 1.65. The molecule has 2 aromatic rings. The van der Waals surface area contributed by atoms with Crippen LogP contribution < -0.4 is 15.5 Å². The maximum Gasteiger partial charge on any atom is 0.269 e.